The van der Waals surface area contributed by atoms with Gasteiger partial charge < -0.3 is 16.0 Å². The van der Waals surface area contributed by atoms with E-state index in [2.05, 4.69) is 31.9 Å². The van der Waals surface area contributed by atoms with Crippen LogP contribution >= 0.6 is 27.7 Å². The summed E-state index contributed by atoms with van der Waals surface area (Å²) in [4.78, 5) is 38.9. The summed E-state index contributed by atoms with van der Waals surface area (Å²) in [5.41, 5.74) is 1.89. The number of amides is 3. The zero-order chi connectivity index (χ0) is 27.6. The molecule has 39 heavy (non-hydrogen) atoms. The van der Waals surface area contributed by atoms with Crippen molar-refractivity contribution in [2.45, 2.75) is 4.90 Å². The van der Waals surface area contributed by atoms with E-state index in [0.29, 0.717) is 15.7 Å². The van der Waals surface area contributed by atoms with Crippen molar-refractivity contribution in [3.63, 3.8) is 0 Å². The molecule has 0 heterocycles. The Labute approximate surface area is 237 Å². The molecule has 0 saturated heterocycles. The number of rotatable bonds is 9. The van der Waals surface area contributed by atoms with Gasteiger partial charge in [-0.25, -0.2) is 4.39 Å². The van der Waals surface area contributed by atoms with Crippen molar-refractivity contribution < 1.29 is 18.8 Å². The average Bonchev–Trinajstić information content (AvgIpc) is 2.95. The van der Waals surface area contributed by atoms with E-state index in [1.807, 2.05) is 30.3 Å². The summed E-state index contributed by atoms with van der Waals surface area (Å²) in [5.74, 6) is -1.68. The first-order valence-corrected chi connectivity index (χ1v) is 13.6. The first-order valence-electron chi connectivity index (χ1n) is 11.8. The smallest absolute Gasteiger partial charge is 0.272 e. The Morgan fingerprint density at radius 3 is 2.15 bits per heavy atom. The van der Waals surface area contributed by atoms with Crippen molar-refractivity contribution in [2.75, 3.05) is 16.4 Å². The molecule has 4 rings (SSSR count). The number of carbonyl (C=O) groups is 3. The Balaban J connectivity index is 1.38. The SMILES string of the molecule is O=C(CSc1ccc(NC(=O)/C(=C/c2ccccc2)NC(=O)c2ccccc2)cc1)Nc1ccc(Br)cc1F. The van der Waals surface area contributed by atoms with Gasteiger partial charge in [0.1, 0.15) is 11.5 Å². The predicted molar refractivity (Wildman–Crippen MR) is 157 cm³/mol. The first-order chi connectivity index (χ1) is 18.9. The second-order valence-electron chi connectivity index (χ2n) is 8.23. The molecule has 0 aliphatic heterocycles. The highest BCUT2D eigenvalue weighted by molar-refractivity contribution is 9.10. The van der Waals surface area contributed by atoms with E-state index in [9.17, 15) is 18.8 Å². The van der Waals surface area contributed by atoms with Crippen LogP contribution in [0.5, 0.6) is 0 Å². The molecule has 3 N–H and O–H groups in total. The largest absolute Gasteiger partial charge is 0.323 e. The minimum absolute atomic E-state index is 0.0800. The van der Waals surface area contributed by atoms with Crippen LogP contribution < -0.4 is 16.0 Å². The van der Waals surface area contributed by atoms with Crippen LogP contribution in [0.15, 0.2) is 118 Å². The van der Waals surface area contributed by atoms with E-state index in [0.717, 1.165) is 10.5 Å². The van der Waals surface area contributed by atoms with E-state index in [-0.39, 0.29) is 23.0 Å². The minimum Gasteiger partial charge on any atom is -0.323 e. The van der Waals surface area contributed by atoms with Gasteiger partial charge in [-0.2, -0.15) is 0 Å². The van der Waals surface area contributed by atoms with Crippen LogP contribution in [0.2, 0.25) is 0 Å². The van der Waals surface area contributed by atoms with Gasteiger partial charge in [0.25, 0.3) is 11.8 Å². The number of thioether (sulfide) groups is 1. The second kappa shape index (κ2) is 13.5. The summed E-state index contributed by atoms with van der Waals surface area (Å²) >= 11 is 4.46. The maximum absolute atomic E-state index is 13.9. The fourth-order valence-electron chi connectivity index (χ4n) is 3.42. The van der Waals surface area contributed by atoms with Gasteiger partial charge in [0.05, 0.1) is 11.4 Å². The summed E-state index contributed by atoms with van der Waals surface area (Å²) in [7, 11) is 0. The second-order valence-corrected chi connectivity index (χ2v) is 10.2. The number of anilines is 2. The average molecular weight is 605 g/mol. The summed E-state index contributed by atoms with van der Waals surface area (Å²) < 4.78 is 14.5. The van der Waals surface area contributed by atoms with Crippen molar-refractivity contribution in [1.82, 2.24) is 5.32 Å². The first kappa shape index (κ1) is 27.8. The molecule has 0 atom stereocenters. The van der Waals surface area contributed by atoms with Crippen molar-refractivity contribution in [3.8, 4) is 0 Å². The van der Waals surface area contributed by atoms with Gasteiger partial charge in [0.2, 0.25) is 5.91 Å². The zero-order valence-corrected chi connectivity index (χ0v) is 22.9. The van der Waals surface area contributed by atoms with Crippen molar-refractivity contribution in [3.05, 3.63) is 130 Å². The van der Waals surface area contributed by atoms with Gasteiger partial charge in [0, 0.05) is 20.6 Å². The van der Waals surface area contributed by atoms with E-state index < -0.39 is 17.6 Å². The molecule has 4 aromatic carbocycles. The van der Waals surface area contributed by atoms with Crippen LogP contribution in [-0.4, -0.2) is 23.5 Å². The van der Waals surface area contributed by atoms with E-state index in [4.69, 9.17) is 0 Å². The Kier molecular flexibility index (Phi) is 9.66. The number of nitrogens with one attached hydrogen (secondary N) is 3. The lowest BCUT2D eigenvalue weighted by molar-refractivity contribution is -0.114. The molecule has 0 spiro atoms. The maximum atomic E-state index is 13.9. The number of carbonyl (C=O) groups excluding carboxylic acids is 3. The molecular weight excluding hydrogens is 581 g/mol. The normalized spacial score (nSPS) is 11.0. The van der Waals surface area contributed by atoms with Crippen LogP contribution in [0, 0.1) is 5.82 Å². The van der Waals surface area contributed by atoms with E-state index in [1.54, 1.807) is 66.7 Å². The van der Waals surface area contributed by atoms with Gasteiger partial charge >= 0.3 is 0 Å². The number of hydrogen-bond acceptors (Lipinski definition) is 4. The molecule has 0 aliphatic carbocycles. The standard InChI is InChI=1S/C30H23BrFN3O3S/c31-22-11-16-26(25(32)18-22)34-28(36)19-39-24-14-12-23(13-15-24)33-30(38)27(17-20-7-3-1-4-8-20)35-29(37)21-9-5-2-6-10-21/h1-18H,19H2,(H,33,38)(H,34,36)(H,35,37)/b27-17-. The van der Waals surface area contributed by atoms with Crippen LogP contribution in [0.4, 0.5) is 15.8 Å². The minimum atomic E-state index is -0.525. The zero-order valence-electron chi connectivity index (χ0n) is 20.5. The number of halogens is 2. The number of benzene rings is 4. The molecule has 4 aromatic rings. The molecule has 0 bridgehead atoms. The summed E-state index contributed by atoms with van der Waals surface area (Å²) in [6, 6.07) is 29.2. The number of hydrogen-bond donors (Lipinski definition) is 3. The topological polar surface area (TPSA) is 87.3 Å². The molecule has 196 valence electrons. The van der Waals surface area contributed by atoms with Crippen LogP contribution in [0.3, 0.4) is 0 Å². The van der Waals surface area contributed by atoms with Gasteiger partial charge in [-0.1, -0.05) is 64.5 Å². The molecule has 0 aromatic heterocycles. The molecule has 0 fully saturated rings. The molecule has 0 radical (unpaired) electrons. The highest BCUT2D eigenvalue weighted by Gasteiger charge is 2.15. The highest BCUT2D eigenvalue weighted by atomic mass is 79.9. The Morgan fingerprint density at radius 2 is 1.49 bits per heavy atom. The third-order valence-corrected chi connectivity index (χ3v) is 6.83. The van der Waals surface area contributed by atoms with Gasteiger partial charge in [0.15, 0.2) is 0 Å². The molecule has 0 saturated carbocycles. The van der Waals surface area contributed by atoms with Crippen molar-refractivity contribution in [2.24, 2.45) is 0 Å². The Morgan fingerprint density at radius 1 is 0.821 bits per heavy atom. The summed E-state index contributed by atoms with van der Waals surface area (Å²) in [5, 5.41) is 8.06. The summed E-state index contributed by atoms with van der Waals surface area (Å²) in [6.45, 7) is 0. The monoisotopic (exact) mass is 603 g/mol. The third-order valence-electron chi connectivity index (χ3n) is 5.33. The predicted octanol–water partition coefficient (Wildman–Crippen LogP) is 6.73. The van der Waals surface area contributed by atoms with E-state index in [1.165, 1.54) is 23.9 Å². The highest BCUT2D eigenvalue weighted by Crippen LogP contribution is 2.23. The van der Waals surface area contributed by atoms with Crippen LogP contribution in [0.25, 0.3) is 6.08 Å². The molecule has 0 aliphatic rings. The summed E-state index contributed by atoms with van der Waals surface area (Å²) in [6.07, 6.45) is 1.60. The molecule has 0 unspecified atom stereocenters. The maximum Gasteiger partial charge on any atom is 0.272 e. The van der Waals surface area contributed by atoms with Crippen molar-refractivity contribution >= 4 is 62.9 Å². The Hall–Kier alpha value is -4.21. The van der Waals surface area contributed by atoms with Gasteiger partial charge in [-0.3, -0.25) is 14.4 Å². The molecular formula is C30H23BrFN3O3S. The lowest BCUT2D eigenvalue weighted by Crippen LogP contribution is -2.30. The van der Waals surface area contributed by atoms with E-state index >= 15 is 0 Å². The van der Waals surface area contributed by atoms with Gasteiger partial charge in [-0.05, 0) is 66.2 Å². The third kappa shape index (κ3) is 8.39. The quantitative estimate of drug-likeness (QED) is 0.146. The fraction of sp³-hybridized carbons (Fsp3) is 0.0333. The molecule has 3 amide bonds. The van der Waals surface area contributed by atoms with Gasteiger partial charge in [-0.15, -0.1) is 11.8 Å². The van der Waals surface area contributed by atoms with Crippen LogP contribution in [0.1, 0.15) is 15.9 Å². The lowest BCUT2D eigenvalue weighted by Gasteiger charge is -2.12. The fourth-order valence-corrected chi connectivity index (χ4v) is 4.45. The molecule has 9 heteroatoms. The van der Waals surface area contributed by atoms with Crippen molar-refractivity contribution in [1.29, 1.82) is 0 Å². The lowest BCUT2D eigenvalue weighted by atomic mass is 10.1. The Bertz CT molecular complexity index is 1500. The van der Waals surface area contributed by atoms with Crippen LogP contribution in [-0.2, 0) is 9.59 Å². The molecule has 6 nitrogen and oxygen atoms in total.